The van der Waals surface area contributed by atoms with E-state index in [1.807, 2.05) is 5.38 Å². The van der Waals surface area contributed by atoms with Gasteiger partial charge in [-0.1, -0.05) is 13.8 Å². The smallest absolute Gasteiger partial charge is 0.180 e. The zero-order chi connectivity index (χ0) is 12.7. The Kier molecular flexibility index (Phi) is 5.88. The SMILES string of the molecule is COCCC(C)(C)CNCCc1csc(N)n1. The zero-order valence-corrected chi connectivity index (χ0v) is 11.8. The lowest BCUT2D eigenvalue weighted by molar-refractivity contribution is 0.151. The van der Waals surface area contributed by atoms with E-state index in [1.54, 1.807) is 7.11 Å². The molecule has 1 aromatic rings. The van der Waals surface area contributed by atoms with E-state index in [0.29, 0.717) is 5.13 Å². The van der Waals surface area contributed by atoms with Crippen LogP contribution in [0.4, 0.5) is 5.13 Å². The maximum absolute atomic E-state index is 5.58. The summed E-state index contributed by atoms with van der Waals surface area (Å²) in [7, 11) is 1.75. The second-order valence-corrected chi connectivity index (χ2v) is 5.90. The van der Waals surface area contributed by atoms with Gasteiger partial charge >= 0.3 is 0 Å². The van der Waals surface area contributed by atoms with Crippen LogP contribution in [0.3, 0.4) is 0 Å². The number of hydrogen-bond acceptors (Lipinski definition) is 5. The molecular weight excluding hydrogens is 234 g/mol. The van der Waals surface area contributed by atoms with Gasteiger partial charge in [-0.25, -0.2) is 4.98 Å². The molecule has 0 atom stereocenters. The highest BCUT2D eigenvalue weighted by Crippen LogP contribution is 2.18. The Morgan fingerprint density at radius 2 is 2.29 bits per heavy atom. The van der Waals surface area contributed by atoms with Crippen molar-refractivity contribution >= 4 is 16.5 Å². The van der Waals surface area contributed by atoms with E-state index >= 15 is 0 Å². The number of hydrogen-bond donors (Lipinski definition) is 2. The first-order valence-electron chi connectivity index (χ1n) is 5.93. The lowest BCUT2D eigenvalue weighted by Crippen LogP contribution is -2.31. The molecule has 98 valence electrons. The molecule has 0 aliphatic heterocycles. The van der Waals surface area contributed by atoms with Crippen molar-refractivity contribution in [3.8, 4) is 0 Å². The number of rotatable bonds is 8. The average molecular weight is 257 g/mol. The largest absolute Gasteiger partial charge is 0.385 e. The molecule has 0 aliphatic rings. The van der Waals surface area contributed by atoms with Gasteiger partial charge in [-0.05, 0) is 11.8 Å². The van der Waals surface area contributed by atoms with Crippen molar-refractivity contribution in [2.75, 3.05) is 32.5 Å². The molecule has 3 N–H and O–H groups in total. The molecule has 0 radical (unpaired) electrons. The minimum absolute atomic E-state index is 0.275. The van der Waals surface area contributed by atoms with Crippen molar-refractivity contribution in [1.29, 1.82) is 0 Å². The van der Waals surface area contributed by atoms with Gasteiger partial charge in [-0.15, -0.1) is 11.3 Å². The molecule has 17 heavy (non-hydrogen) atoms. The van der Waals surface area contributed by atoms with Gasteiger partial charge in [0.2, 0.25) is 0 Å². The van der Waals surface area contributed by atoms with Crippen LogP contribution in [0.15, 0.2) is 5.38 Å². The van der Waals surface area contributed by atoms with Crippen LogP contribution in [0.5, 0.6) is 0 Å². The number of aromatic nitrogens is 1. The summed E-state index contributed by atoms with van der Waals surface area (Å²) < 4.78 is 5.11. The summed E-state index contributed by atoms with van der Waals surface area (Å²) >= 11 is 1.50. The molecule has 1 aromatic heterocycles. The van der Waals surface area contributed by atoms with Gasteiger partial charge < -0.3 is 15.8 Å². The van der Waals surface area contributed by atoms with Crippen molar-refractivity contribution < 1.29 is 4.74 Å². The molecule has 0 fully saturated rings. The second-order valence-electron chi connectivity index (χ2n) is 5.01. The summed E-state index contributed by atoms with van der Waals surface area (Å²) in [5.74, 6) is 0. The van der Waals surface area contributed by atoms with Gasteiger partial charge in [0.1, 0.15) is 0 Å². The monoisotopic (exact) mass is 257 g/mol. The van der Waals surface area contributed by atoms with Gasteiger partial charge in [0.05, 0.1) is 5.69 Å². The van der Waals surface area contributed by atoms with E-state index < -0.39 is 0 Å². The van der Waals surface area contributed by atoms with Crippen LogP contribution in [0.2, 0.25) is 0 Å². The molecule has 1 rings (SSSR count). The number of nitrogens with zero attached hydrogens (tertiary/aromatic N) is 1. The van der Waals surface area contributed by atoms with Gasteiger partial charge in [0.15, 0.2) is 5.13 Å². The molecule has 4 nitrogen and oxygen atoms in total. The van der Waals surface area contributed by atoms with E-state index in [2.05, 4.69) is 24.1 Å². The molecule has 0 spiro atoms. The minimum Gasteiger partial charge on any atom is -0.385 e. The number of methoxy groups -OCH3 is 1. The molecule has 0 aromatic carbocycles. The van der Waals surface area contributed by atoms with E-state index in [4.69, 9.17) is 10.5 Å². The van der Waals surface area contributed by atoms with Crippen LogP contribution in [0.1, 0.15) is 26.0 Å². The van der Waals surface area contributed by atoms with Crippen LogP contribution in [0, 0.1) is 5.41 Å². The molecule has 0 saturated carbocycles. The molecule has 0 unspecified atom stereocenters. The van der Waals surface area contributed by atoms with Crippen molar-refractivity contribution in [2.24, 2.45) is 5.41 Å². The topological polar surface area (TPSA) is 60.2 Å². The first kappa shape index (κ1) is 14.4. The third-order valence-electron chi connectivity index (χ3n) is 2.71. The average Bonchev–Trinajstić information content (AvgIpc) is 2.68. The Morgan fingerprint density at radius 3 is 2.88 bits per heavy atom. The number of anilines is 1. The summed E-state index contributed by atoms with van der Waals surface area (Å²) in [6.45, 7) is 7.26. The molecule has 1 heterocycles. The van der Waals surface area contributed by atoms with Crippen LogP contribution in [0.25, 0.3) is 0 Å². The number of nitrogens with two attached hydrogens (primary N) is 1. The molecule has 0 saturated heterocycles. The van der Waals surface area contributed by atoms with Gasteiger partial charge in [-0.2, -0.15) is 0 Å². The highest BCUT2D eigenvalue weighted by Gasteiger charge is 2.16. The maximum atomic E-state index is 5.58. The van der Waals surface area contributed by atoms with Crippen molar-refractivity contribution in [2.45, 2.75) is 26.7 Å². The van der Waals surface area contributed by atoms with Crippen LogP contribution in [-0.2, 0) is 11.2 Å². The predicted octanol–water partition coefficient (Wildman–Crippen LogP) is 1.92. The van der Waals surface area contributed by atoms with Crippen molar-refractivity contribution in [3.05, 3.63) is 11.1 Å². The Bertz CT molecular complexity index is 325. The van der Waals surface area contributed by atoms with Crippen molar-refractivity contribution in [3.63, 3.8) is 0 Å². The summed E-state index contributed by atoms with van der Waals surface area (Å²) in [6, 6.07) is 0. The Hall–Kier alpha value is -0.650. The standard InChI is InChI=1S/C12H23N3OS/c1-12(2,5-7-16-3)9-14-6-4-10-8-17-11(13)15-10/h8,14H,4-7,9H2,1-3H3,(H2,13,15). The second kappa shape index (κ2) is 6.93. The summed E-state index contributed by atoms with van der Waals surface area (Å²) in [6.07, 6.45) is 2.01. The normalized spacial score (nSPS) is 11.9. The van der Waals surface area contributed by atoms with E-state index in [-0.39, 0.29) is 5.41 Å². The Balaban J connectivity index is 2.15. The van der Waals surface area contributed by atoms with E-state index in [0.717, 1.165) is 38.2 Å². The third kappa shape index (κ3) is 6.00. The van der Waals surface area contributed by atoms with E-state index in [9.17, 15) is 0 Å². The van der Waals surface area contributed by atoms with Crippen molar-refractivity contribution in [1.82, 2.24) is 10.3 Å². The fourth-order valence-electron chi connectivity index (χ4n) is 1.55. The first-order valence-corrected chi connectivity index (χ1v) is 6.81. The molecular formula is C12H23N3OS. The lowest BCUT2D eigenvalue weighted by Gasteiger charge is -2.24. The molecule has 0 aliphatic carbocycles. The summed E-state index contributed by atoms with van der Waals surface area (Å²) in [5.41, 5.74) is 6.93. The Labute approximate surface area is 108 Å². The van der Waals surface area contributed by atoms with E-state index in [1.165, 1.54) is 11.3 Å². The predicted molar refractivity (Wildman–Crippen MR) is 73.4 cm³/mol. The van der Waals surface area contributed by atoms with Crippen LogP contribution < -0.4 is 11.1 Å². The molecule has 5 heteroatoms. The third-order valence-corrected chi connectivity index (χ3v) is 3.44. The summed E-state index contributed by atoms with van der Waals surface area (Å²) in [4.78, 5) is 4.23. The minimum atomic E-state index is 0.275. The summed E-state index contributed by atoms with van der Waals surface area (Å²) in [5, 5.41) is 6.13. The lowest BCUT2D eigenvalue weighted by atomic mass is 9.90. The zero-order valence-electron chi connectivity index (χ0n) is 11.0. The number of nitrogens with one attached hydrogen (secondary N) is 1. The van der Waals surface area contributed by atoms with Gasteiger partial charge in [0.25, 0.3) is 0 Å². The fraction of sp³-hybridized carbons (Fsp3) is 0.750. The van der Waals surface area contributed by atoms with Gasteiger partial charge in [-0.3, -0.25) is 0 Å². The number of nitrogen functional groups attached to an aromatic ring is 1. The quantitative estimate of drug-likeness (QED) is 0.699. The Morgan fingerprint density at radius 1 is 1.53 bits per heavy atom. The van der Waals surface area contributed by atoms with Crippen LogP contribution >= 0.6 is 11.3 Å². The number of ether oxygens (including phenoxy) is 1. The molecule has 0 amide bonds. The highest BCUT2D eigenvalue weighted by atomic mass is 32.1. The van der Waals surface area contributed by atoms with Gasteiger partial charge in [0, 0.05) is 38.6 Å². The maximum Gasteiger partial charge on any atom is 0.180 e. The van der Waals surface area contributed by atoms with Crippen LogP contribution in [-0.4, -0.2) is 31.8 Å². The fourth-order valence-corrected chi connectivity index (χ4v) is 2.14. The number of thiazole rings is 1. The molecule has 0 bridgehead atoms. The first-order chi connectivity index (χ1) is 8.03. The highest BCUT2D eigenvalue weighted by molar-refractivity contribution is 7.13.